The van der Waals surface area contributed by atoms with Crippen molar-refractivity contribution in [3.8, 4) is 0 Å². The molecule has 3 heteroatoms. The molecule has 0 aliphatic heterocycles. The van der Waals surface area contributed by atoms with Crippen molar-refractivity contribution in [2.75, 3.05) is 14.1 Å². The second-order valence-electron chi connectivity index (χ2n) is 2.88. The summed E-state index contributed by atoms with van der Waals surface area (Å²) in [6.07, 6.45) is 1.47. The van der Waals surface area contributed by atoms with Gasteiger partial charge in [-0.1, -0.05) is 12.7 Å². The van der Waals surface area contributed by atoms with Crippen molar-refractivity contribution in [1.29, 1.82) is 0 Å². The number of hydrogen-bond acceptors (Lipinski definition) is 3. The van der Waals surface area contributed by atoms with E-state index in [1.807, 2.05) is 14.1 Å². The molecule has 0 aromatic heterocycles. The van der Waals surface area contributed by atoms with Crippen LogP contribution in [0.15, 0.2) is 17.8 Å². The standard InChI is InChI=1S/C8H16N2O/c1-6-8(3,11)7(2)9-10(4)5/h6,11H,1H2,2-5H3. The number of nitrogens with zero attached hydrogens (tertiary/aromatic N) is 2. The first-order valence-electron chi connectivity index (χ1n) is 3.49. The molecule has 0 saturated carbocycles. The third-order valence-electron chi connectivity index (χ3n) is 1.48. The number of rotatable bonds is 3. The molecule has 0 radical (unpaired) electrons. The molecule has 0 bridgehead atoms. The maximum atomic E-state index is 9.57. The van der Waals surface area contributed by atoms with Crippen LogP contribution in [-0.2, 0) is 0 Å². The molecule has 0 saturated heterocycles. The van der Waals surface area contributed by atoms with Gasteiger partial charge in [0.2, 0.25) is 0 Å². The highest BCUT2D eigenvalue weighted by atomic mass is 16.3. The Labute approximate surface area is 68.0 Å². The zero-order valence-corrected chi connectivity index (χ0v) is 7.63. The molecule has 11 heavy (non-hydrogen) atoms. The molecular weight excluding hydrogens is 140 g/mol. The SMILES string of the molecule is C=CC(C)(O)C(C)=NN(C)C. The summed E-state index contributed by atoms with van der Waals surface area (Å²) in [5.74, 6) is 0. The fourth-order valence-corrected chi connectivity index (χ4v) is 0.549. The van der Waals surface area contributed by atoms with Crippen molar-refractivity contribution < 1.29 is 5.11 Å². The topological polar surface area (TPSA) is 35.8 Å². The van der Waals surface area contributed by atoms with Crippen molar-refractivity contribution in [3.05, 3.63) is 12.7 Å². The summed E-state index contributed by atoms with van der Waals surface area (Å²) in [5.41, 5.74) is -0.359. The smallest absolute Gasteiger partial charge is 0.119 e. The second-order valence-corrected chi connectivity index (χ2v) is 2.88. The van der Waals surface area contributed by atoms with Crippen LogP contribution in [0.25, 0.3) is 0 Å². The fraction of sp³-hybridized carbons (Fsp3) is 0.625. The molecule has 0 amide bonds. The van der Waals surface area contributed by atoms with Gasteiger partial charge in [0, 0.05) is 14.1 Å². The average molecular weight is 156 g/mol. The van der Waals surface area contributed by atoms with E-state index >= 15 is 0 Å². The second kappa shape index (κ2) is 3.53. The molecule has 0 heterocycles. The Hall–Kier alpha value is -0.830. The van der Waals surface area contributed by atoms with Crippen molar-refractivity contribution in [2.45, 2.75) is 19.4 Å². The molecule has 1 N–H and O–H groups in total. The van der Waals surface area contributed by atoms with Gasteiger partial charge < -0.3 is 10.1 Å². The number of hydrogen-bond donors (Lipinski definition) is 1. The molecule has 1 atom stereocenters. The lowest BCUT2D eigenvalue weighted by molar-refractivity contribution is 0.181. The van der Waals surface area contributed by atoms with Crippen molar-refractivity contribution in [2.24, 2.45) is 5.10 Å². The zero-order valence-electron chi connectivity index (χ0n) is 7.63. The Balaban J connectivity index is 4.46. The fourth-order valence-electron chi connectivity index (χ4n) is 0.549. The Morgan fingerprint density at radius 3 is 2.36 bits per heavy atom. The highest BCUT2D eigenvalue weighted by Crippen LogP contribution is 2.07. The summed E-state index contributed by atoms with van der Waals surface area (Å²) in [7, 11) is 3.62. The third-order valence-corrected chi connectivity index (χ3v) is 1.48. The predicted octanol–water partition coefficient (Wildman–Crippen LogP) is 0.861. The molecule has 3 nitrogen and oxygen atoms in total. The number of aliphatic hydroxyl groups is 1. The van der Waals surface area contributed by atoms with E-state index in [1.54, 1.807) is 18.9 Å². The van der Waals surface area contributed by atoms with E-state index in [-0.39, 0.29) is 0 Å². The van der Waals surface area contributed by atoms with Gasteiger partial charge in [0.15, 0.2) is 0 Å². The first-order chi connectivity index (χ1) is 4.90. The Morgan fingerprint density at radius 1 is 1.64 bits per heavy atom. The zero-order chi connectivity index (χ0) is 9.07. The largest absolute Gasteiger partial charge is 0.380 e. The van der Waals surface area contributed by atoms with Crippen molar-refractivity contribution in [1.82, 2.24) is 5.01 Å². The quantitative estimate of drug-likeness (QED) is 0.374. The van der Waals surface area contributed by atoms with Crippen molar-refractivity contribution in [3.63, 3.8) is 0 Å². The lowest BCUT2D eigenvalue weighted by Gasteiger charge is -2.19. The van der Waals surface area contributed by atoms with Crippen LogP contribution >= 0.6 is 0 Å². The molecule has 1 unspecified atom stereocenters. The van der Waals surface area contributed by atoms with Gasteiger partial charge in [-0.05, 0) is 13.8 Å². The Kier molecular flexibility index (Phi) is 3.26. The molecule has 0 rings (SSSR count). The minimum atomic E-state index is -0.996. The molecule has 0 aliphatic carbocycles. The maximum Gasteiger partial charge on any atom is 0.119 e. The van der Waals surface area contributed by atoms with Gasteiger partial charge in [0.1, 0.15) is 5.60 Å². The van der Waals surface area contributed by atoms with Crippen molar-refractivity contribution >= 4 is 5.71 Å². The van der Waals surface area contributed by atoms with Crippen LogP contribution in [0.2, 0.25) is 0 Å². The first kappa shape index (κ1) is 10.2. The van der Waals surface area contributed by atoms with Crippen LogP contribution in [0.3, 0.4) is 0 Å². The summed E-state index contributed by atoms with van der Waals surface area (Å²) in [6, 6.07) is 0. The number of hydrazone groups is 1. The lowest BCUT2D eigenvalue weighted by atomic mass is 10.0. The summed E-state index contributed by atoms with van der Waals surface area (Å²) in [4.78, 5) is 0. The minimum Gasteiger partial charge on any atom is -0.380 e. The van der Waals surface area contributed by atoms with Gasteiger partial charge in [-0.3, -0.25) is 0 Å². The van der Waals surface area contributed by atoms with E-state index in [0.29, 0.717) is 5.71 Å². The molecule has 0 aromatic rings. The molecular formula is C8H16N2O. The van der Waals surface area contributed by atoms with Crippen LogP contribution in [0.5, 0.6) is 0 Å². The van der Waals surface area contributed by atoms with Gasteiger partial charge in [0.05, 0.1) is 5.71 Å². The highest BCUT2D eigenvalue weighted by molar-refractivity contribution is 5.91. The summed E-state index contributed by atoms with van der Waals surface area (Å²) in [5, 5.41) is 15.3. The maximum absolute atomic E-state index is 9.57. The lowest BCUT2D eigenvalue weighted by Crippen LogP contribution is -2.31. The predicted molar refractivity (Wildman–Crippen MR) is 47.6 cm³/mol. The van der Waals surface area contributed by atoms with Crippen LogP contribution in [0.4, 0.5) is 0 Å². The molecule has 0 aliphatic rings. The Morgan fingerprint density at radius 2 is 2.09 bits per heavy atom. The van der Waals surface area contributed by atoms with Crippen LogP contribution in [0, 0.1) is 0 Å². The molecule has 0 aromatic carbocycles. The monoisotopic (exact) mass is 156 g/mol. The van der Waals surface area contributed by atoms with E-state index in [2.05, 4.69) is 11.7 Å². The molecule has 64 valence electrons. The van der Waals surface area contributed by atoms with E-state index < -0.39 is 5.60 Å². The normalized spacial score (nSPS) is 17.4. The molecule has 0 spiro atoms. The van der Waals surface area contributed by atoms with E-state index in [9.17, 15) is 5.11 Å². The molecule has 0 fully saturated rings. The minimum absolute atomic E-state index is 0.637. The average Bonchev–Trinajstić information content (AvgIpc) is 1.86. The third kappa shape index (κ3) is 3.18. The van der Waals surface area contributed by atoms with Gasteiger partial charge in [-0.2, -0.15) is 5.10 Å². The first-order valence-corrected chi connectivity index (χ1v) is 3.49. The van der Waals surface area contributed by atoms with Gasteiger partial charge in [-0.25, -0.2) is 0 Å². The van der Waals surface area contributed by atoms with E-state index in [4.69, 9.17) is 0 Å². The highest BCUT2D eigenvalue weighted by Gasteiger charge is 2.19. The van der Waals surface area contributed by atoms with Crippen LogP contribution in [-0.4, -0.2) is 35.5 Å². The van der Waals surface area contributed by atoms with Gasteiger partial charge in [0.25, 0.3) is 0 Å². The Bertz CT molecular complexity index is 171. The van der Waals surface area contributed by atoms with Gasteiger partial charge >= 0.3 is 0 Å². The summed E-state index contributed by atoms with van der Waals surface area (Å²) in [6.45, 7) is 6.93. The van der Waals surface area contributed by atoms with Crippen LogP contribution < -0.4 is 0 Å². The van der Waals surface area contributed by atoms with E-state index in [0.717, 1.165) is 0 Å². The van der Waals surface area contributed by atoms with Gasteiger partial charge in [-0.15, -0.1) is 0 Å². The van der Waals surface area contributed by atoms with Crippen LogP contribution in [0.1, 0.15) is 13.8 Å². The van der Waals surface area contributed by atoms with E-state index in [1.165, 1.54) is 6.08 Å². The summed E-state index contributed by atoms with van der Waals surface area (Å²) < 4.78 is 0. The summed E-state index contributed by atoms with van der Waals surface area (Å²) >= 11 is 0.